The predicted molar refractivity (Wildman–Crippen MR) is 102 cm³/mol. The smallest absolute Gasteiger partial charge is 0.126 e. The molecule has 0 aliphatic carbocycles. The number of benzene rings is 1. The van der Waals surface area contributed by atoms with Gasteiger partial charge in [0.15, 0.2) is 0 Å². The van der Waals surface area contributed by atoms with Crippen LogP contribution in [0.25, 0.3) is 16.5 Å². The van der Waals surface area contributed by atoms with E-state index in [-0.39, 0.29) is 0 Å². The van der Waals surface area contributed by atoms with E-state index in [1.165, 1.54) is 11.1 Å². The summed E-state index contributed by atoms with van der Waals surface area (Å²) in [5.41, 5.74) is 12.7. The number of nitrogens with one attached hydrogen (secondary N) is 1. The fraction of sp³-hybridized carbons (Fsp3) is 0.211. The summed E-state index contributed by atoms with van der Waals surface area (Å²) in [6, 6.07) is 8.20. The van der Waals surface area contributed by atoms with Crippen molar-refractivity contribution < 1.29 is 0 Å². The molecule has 1 aromatic carbocycles. The van der Waals surface area contributed by atoms with Crippen molar-refractivity contribution in [2.45, 2.75) is 13.3 Å². The lowest BCUT2D eigenvalue weighted by molar-refractivity contribution is 1.12. The number of pyridine rings is 1. The van der Waals surface area contributed by atoms with Crippen molar-refractivity contribution >= 4 is 40.4 Å². The second-order valence-corrected chi connectivity index (χ2v) is 6.07. The van der Waals surface area contributed by atoms with E-state index in [4.69, 9.17) is 5.73 Å². The molecule has 4 rings (SSSR count). The van der Waals surface area contributed by atoms with Gasteiger partial charge in [-0.2, -0.15) is 0 Å². The Hall–Kier alpha value is -2.95. The first-order valence-corrected chi connectivity index (χ1v) is 8.05. The minimum Gasteiger partial charge on any atom is -0.384 e. The summed E-state index contributed by atoms with van der Waals surface area (Å²) in [5.74, 6) is 0.521. The summed E-state index contributed by atoms with van der Waals surface area (Å²) in [6.45, 7) is 3.54. The van der Waals surface area contributed by atoms with E-state index < -0.39 is 0 Å². The molecular weight excluding hydrogens is 298 g/mol. The molecule has 0 saturated carbocycles. The van der Waals surface area contributed by atoms with Gasteiger partial charge in [-0.3, -0.25) is 9.98 Å². The molecule has 2 aromatic rings. The van der Waals surface area contributed by atoms with Gasteiger partial charge in [0.05, 0.1) is 12.1 Å². The van der Waals surface area contributed by atoms with Gasteiger partial charge in [-0.05, 0) is 35.8 Å². The number of nitrogen functional groups attached to an aromatic ring is 1. The summed E-state index contributed by atoms with van der Waals surface area (Å²) < 4.78 is 0. The van der Waals surface area contributed by atoms with Crippen LogP contribution in [0.5, 0.6) is 0 Å². The summed E-state index contributed by atoms with van der Waals surface area (Å²) in [4.78, 5) is 13.1. The van der Waals surface area contributed by atoms with Crippen LogP contribution in [0.2, 0.25) is 0 Å². The molecule has 3 N–H and O–H groups in total. The molecule has 0 fully saturated rings. The standard InChI is InChI=1S/C19H19N5/c1-12-14(5-7-22-12)11-23-17-9-19(20)24-18-8-13(2-3-16(17)18)15-4-6-21-10-15/h2-4,6-9H,5,10-11H2,1H3,(H3,20,23,24). The Kier molecular flexibility index (Phi) is 3.61. The number of nitrogens with two attached hydrogens (primary N) is 1. The van der Waals surface area contributed by atoms with E-state index in [1.54, 1.807) is 0 Å². The molecule has 0 unspecified atom stereocenters. The summed E-state index contributed by atoms with van der Waals surface area (Å²) >= 11 is 0. The lowest BCUT2D eigenvalue weighted by Gasteiger charge is -2.13. The minimum atomic E-state index is 0.521. The first kappa shape index (κ1) is 14.6. The second kappa shape index (κ2) is 5.92. The molecule has 2 aliphatic rings. The summed E-state index contributed by atoms with van der Waals surface area (Å²) in [5, 5.41) is 4.57. The average Bonchev–Trinajstić information content (AvgIpc) is 3.23. The number of hydrogen-bond donors (Lipinski definition) is 2. The zero-order valence-electron chi connectivity index (χ0n) is 13.6. The third-order valence-electron chi connectivity index (χ3n) is 4.47. The molecule has 2 aliphatic heterocycles. The Morgan fingerprint density at radius 1 is 1.25 bits per heavy atom. The molecule has 0 amide bonds. The maximum atomic E-state index is 6.01. The molecule has 24 heavy (non-hydrogen) atoms. The topological polar surface area (TPSA) is 75.7 Å². The van der Waals surface area contributed by atoms with Crippen molar-refractivity contribution in [1.82, 2.24) is 4.98 Å². The molecular formula is C19H19N5. The molecule has 5 nitrogen and oxygen atoms in total. The highest BCUT2D eigenvalue weighted by Gasteiger charge is 2.11. The number of hydrogen-bond acceptors (Lipinski definition) is 5. The zero-order valence-corrected chi connectivity index (χ0v) is 13.6. The lowest BCUT2D eigenvalue weighted by Crippen LogP contribution is -2.06. The Morgan fingerprint density at radius 3 is 2.92 bits per heavy atom. The summed E-state index contributed by atoms with van der Waals surface area (Å²) in [7, 11) is 0. The van der Waals surface area contributed by atoms with Gasteiger partial charge in [0.25, 0.3) is 0 Å². The van der Waals surface area contributed by atoms with Crippen molar-refractivity contribution in [3.8, 4) is 0 Å². The van der Waals surface area contributed by atoms with Gasteiger partial charge in [0, 0.05) is 48.2 Å². The van der Waals surface area contributed by atoms with Crippen molar-refractivity contribution in [1.29, 1.82) is 0 Å². The first-order chi connectivity index (χ1) is 11.7. The highest BCUT2D eigenvalue weighted by molar-refractivity contribution is 5.97. The highest BCUT2D eigenvalue weighted by Crippen LogP contribution is 2.29. The van der Waals surface area contributed by atoms with Crippen LogP contribution in [-0.2, 0) is 0 Å². The molecule has 0 spiro atoms. The van der Waals surface area contributed by atoms with Crippen molar-refractivity contribution in [2.24, 2.45) is 9.98 Å². The monoisotopic (exact) mass is 317 g/mol. The molecule has 0 radical (unpaired) electrons. The molecule has 3 heterocycles. The molecule has 120 valence electrons. The number of anilines is 2. The van der Waals surface area contributed by atoms with Gasteiger partial charge >= 0.3 is 0 Å². The Labute approximate surface area is 140 Å². The number of aliphatic imine (C=N–C) groups is 2. The maximum absolute atomic E-state index is 6.01. The fourth-order valence-corrected chi connectivity index (χ4v) is 3.06. The van der Waals surface area contributed by atoms with E-state index in [9.17, 15) is 0 Å². The number of nitrogens with zero attached hydrogens (tertiary/aromatic N) is 3. The maximum Gasteiger partial charge on any atom is 0.126 e. The molecule has 0 bridgehead atoms. The van der Waals surface area contributed by atoms with Crippen LogP contribution in [-0.4, -0.2) is 30.5 Å². The number of aromatic nitrogens is 1. The average molecular weight is 317 g/mol. The van der Waals surface area contributed by atoms with Crippen molar-refractivity contribution in [3.05, 3.63) is 47.2 Å². The zero-order chi connectivity index (χ0) is 16.5. The molecule has 0 saturated heterocycles. The van der Waals surface area contributed by atoms with E-state index >= 15 is 0 Å². The fourth-order valence-electron chi connectivity index (χ4n) is 3.06. The third-order valence-corrected chi connectivity index (χ3v) is 4.47. The van der Waals surface area contributed by atoms with Crippen LogP contribution < -0.4 is 11.1 Å². The van der Waals surface area contributed by atoms with E-state index in [2.05, 4.69) is 38.5 Å². The van der Waals surface area contributed by atoms with E-state index in [0.29, 0.717) is 5.82 Å². The Bertz CT molecular complexity index is 934. The van der Waals surface area contributed by atoms with E-state index in [1.807, 2.05) is 31.5 Å². The third kappa shape index (κ3) is 2.69. The highest BCUT2D eigenvalue weighted by atomic mass is 14.9. The van der Waals surface area contributed by atoms with Crippen LogP contribution in [0.1, 0.15) is 18.9 Å². The molecule has 0 atom stereocenters. The number of fused-ring (bicyclic) bond motifs is 1. The van der Waals surface area contributed by atoms with Crippen LogP contribution in [0.4, 0.5) is 11.5 Å². The van der Waals surface area contributed by atoms with Gasteiger partial charge in [-0.25, -0.2) is 4.98 Å². The van der Waals surface area contributed by atoms with Crippen molar-refractivity contribution in [3.63, 3.8) is 0 Å². The molecule has 5 heteroatoms. The predicted octanol–water partition coefficient (Wildman–Crippen LogP) is 3.45. The number of allylic oxidation sites excluding steroid dienone is 2. The number of rotatable bonds is 4. The van der Waals surface area contributed by atoms with Crippen LogP contribution in [0.15, 0.2) is 51.6 Å². The lowest BCUT2D eigenvalue weighted by atomic mass is 10.0. The van der Waals surface area contributed by atoms with Gasteiger partial charge < -0.3 is 11.1 Å². The second-order valence-electron chi connectivity index (χ2n) is 6.07. The van der Waals surface area contributed by atoms with Gasteiger partial charge in [-0.15, -0.1) is 0 Å². The van der Waals surface area contributed by atoms with E-state index in [0.717, 1.165) is 47.4 Å². The largest absolute Gasteiger partial charge is 0.384 e. The van der Waals surface area contributed by atoms with Crippen LogP contribution in [0.3, 0.4) is 0 Å². The SMILES string of the molecule is CC1=C(CNc2cc(N)nc3cc(C4=CC=NC4)ccc23)CC=N1. The molecule has 1 aromatic heterocycles. The van der Waals surface area contributed by atoms with Crippen molar-refractivity contribution in [2.75, 3.05) is 24.1 Å². The normalized spacial score (nSPS) is 16.3. The van der Waals surface area contributed by atoms with Gasteiger partial charge in [-0.1, -0.05) is 12.1 Å². The van der Waals surface area contributed by atoms with Crippen LogP contribution >= 0.6 is 0 Å². The first-order valence-electron chi connectivity index (χ1n) is 8.05. The summed E-state index contributed by atoms with van der Waals surface area (Å²) in [6.07, 6.45) is 6.76. The Morgan fingerprint density at radius 2 is 2.17 bits per heavy atom. The van der Waals surface area contributed by atoms with Gasteiger partial charge in [0.2, 0.25) is 0 Å². The Balaban J connectivity index is 1.66. The van der Waals surface area contributed by atoms with Crippen LogP contribution in [0, 0.1) is 0 Å². The quantitative estimate of drug-likeness (QED) is 0.907. The minimum absolute atomic E-state index is 0.521. The van der Waals surface area contributed by atoms with Gasteiger partial charge in [0.1, 0.15) is 5.82 Å².